The number of benzene rings is 1. The smallest absolute Gasteiger partial charge is 0.298 e. The summed E-state index contributed by atoms with van der Waals surface area (Å²) in [6, 6.07) is 8.53. The quantitative estimate of drug-likeness (QED) is 0.741. The van der Waals surface area contributed by atoms with E-state index >= 15 is 0 Å². The minimum Gasteiger partial charge on any atom is -0.423 e. The minimum absolute atomic E-state index is 0.0615. The first kappa shape index (κ1) is 14.9. The zero-order chi connectivity index (χ0) is 16.5. The molecule has 24 heavy (non-hydrogen) atoms. The van der Waals surface area contributed by atoms with Gasteiger partial charge >= 0.3 is 0 Å². The molecule has 0 aliphatic carbocycles. The van der Waals surface area contributed by atoms with Crippen LogP contribution in [0.4, 0.5) is 6.01 Å². The van der Waals surface area contributed by atoms with Gasteiger partial charge in [0.1, 0.15) is 5.52 Å². The van der Waals surface area contributed by atoms with Crippen LogP contribution in [-0.4, -0.2) is 27.6 Å². The SMILES string of the molecule is Cc1cncn(CC2CCN(c3nc4ccccc4o3)CC2)c1=O. The minimum atomic E-state index is 0.0615. The maximum absolute atomic E-state index is 12.1. The Morgan fingerprint density at radius 2 is 2.04 bits per heavy atom. The molecule has 0 radical (unpaired) electrons. The van der Waals surface area contributed by atoms with Crippen molar-refractivity contribution in [3.63, 3.8) is 0 Å². The van der Waals surface area contributed by atoms with E-state index in [1.165, 1.54) is 0 Å². The van der Waals surface area contributed by atoms with Crippen molar-refractivity contribution in [1.82, 2.24) is 14.5 Å². The first-order chi connectivity index (χ1) is 11.7. The van der Waals surface area contributed by atoms with E-state index < -0.39 is 0 Å². The van der Waals surface area contributed by atoms with Crippen LogP contribution in [0.5, 0.6) is 0 Å². The van der Waals surface area contributed by atoms with Gasteiger partial charge in [-0.3, -0.25) is 9.36 Å². The number of rotatable bonds is 3. The molecule has 1 aliphatic rings. The maximum Gasteiger partial charge on any atom is 0.298 e. The summed E-state index contributed by atoms with van der Waals surface area (Å²) in [6.45, 7) is 4.33. The van der Waals surface area contributed by atoms with Gasteiger partial charge in [-0.25, -0.2) is 4.98 Å². The van der Waals surface area contributed by atoms with Crippen LogP contribution in [0.3, 0.4) is 0 Å². The highest BCUT2D eigenvalue weighted by molar-refractivity contribution is 5.74. The number of hydrogen-bond acceptors (Lipinski definition) is 5. The van der Waals surface area contributed by atoms with Crippen molar-refractivity contribution in [2.75, 3.05) is 18.0 Å². The Balaban J connectivity index is 1.43. The molecule has 6 heteroatoms. The highest BCUT2D eigenvalue weighted by atomic mass is 16.4. The molecule has 0 amide bonds. The summed E-state index contributed by atoms with van der Waals surface area (Å²) in [5.41, 5.74) is 2.48. The van der Waals surface area contributed by atoms with Gasteiger partial charge < -0.3 is 9.32 Å². The van der Waals surface area contributed by atoms with Gasteiger partial charge in [0.05, 0.1) is 6.33 Å². The van der Waals surface area contributed by atoms with Gasteiger partial charge in [-0.2, -0.15) is 4.98 Å². The summed E-state index contributed by atoms with van der Waals surface area (Å²) >= 11 is 0. The molecular formula is C18H20N4O2. The summed E-state index contributed by atoms with van der Waals surface area (Å²) in [5.74, 6) is 0.479. The molecule has 124 valence electrons. The molecule has 1 aliphatic heterocycles. The summed E-state index contributed by atoms with van der Waals surface area (Å²) in [6.07, 6.45) is 5.29. The van der Waals surface area contributed by atoms with Crippen LogP contribution in [0.25, 0.3) is 11.1 Å². The zero-order valence-corrected chi connectivity index (χ0v) is 13.7. The lowest BCUT2D eigenvalue weighted by molar-refractivity contribution is 0.342. The Morgan fingerprint density at radius 1 is 1.25 bits per heavy atom. The number of fused-ring (bicyclic) bond motifs is 1. The lowest BCUT2D eigenvalue weighted by Gasteiger charge is -2.31. The monoisotopic (exact) mass is 324 g/mol. The molecule has 6 nitrogen and oxygen atoms in total. The van der Waals surface area contributed by atoms with Gasteiger partial charge in [-0.15, -0.1) is 0 Å². The van der Waals surface area contributed by atoms with Gasteiger partial charge in [0, 0.05) is 31.4 Å². The summed E-state index contributed by atoms with van der Waals surface area (Å²) < 4.78 is 7.58. The van der Waals surface area contributed by atoms with Crippen molar-refractivity contribution < 1.29 is 4.42 Å². The van der Waals surface area contributed by atoms with E-state index in [0.717, 1.165) is 43.6 Å². The van der Waals surface area contributed by atoms with Crippen molar-refractivity contribution in [3.05, 3.63) is 52.7 Å². The number of anilines is 1. The first-order valence-corrected chi connectivity index (χ1v) is 8.32. The number of aryl methyl sites for hydroxylation is 1. The average Bonchev–Trinajstić information content (AvgIpc) is 3.04. The van der Waals surface area contributed by atoms with Crippen molar-refractivity contribution in [2.24, 2.45) is 5.92 Å². The summed E-state index contributed by atoms with van der Waals surface area (Å²) in [7, 11) is 0. The fourth-order valence-electron chi connectivity index (χ4n) is 3.27. The van der Waals surface area contributed by atoms with Crippen LogP contribution in [0, 0.1) is 12.8 Å². The Morgan fingerprint density at radius 3 is 2.83 bits per heavy atom. The Kier molecular flexibility index (Phi) is 3.80. The van der Waals surface area contributed by atoms with Crippen LogP contribution >= 0.6 is 0 Å². The van der Waals surface area contributed by atoms with Crippen molar-refractivity contribution in [3.8, 4) is 0 Å². The van der Waals surface area contributed by atoms with E-state index in [0.29, 0.717) is 17.5 Å². The number of para-hydroxylation sites is 2. The first-order valence-electron chi connectivity index (χ1n) is 8.32. The van der Waals surface area contributed by atoms with Crippen molar-refractivity contribution in [1.29, 1.82) is 0 Å². The third-order valence-electron chi connectivity index (χ3n) is 4.69. The predicted octanol–water partition coefficient (Wildman–Crippen LogP) is 2.61. The van der Waals surface area contributed by atoms with Gasteiger partial charge in [0.15, 0.2) is 5.58 Å². The fraction of sp³-hybridized carbons (Fsp3) is 0.389. The second-order valence-corrected chi connectivity index (χ2v) is 6.43. The molecule has 2 aromatic heterocycles. The van der Waals surface area contributed by atoms with Crippen molar-refractivity contribution in [2.45, 2.75) is 26.3 Å². The summed E-state index contributed by atoms with van der Waals surface area (Å²) in [5, 5.41) is 0. The molecule has 0 spiro atoms. The van der Waals surface area contributed by atoms with Crippen LogP contribution in [-0.2, 0) is 6.54 Å². The fourth-order valence-corrected chi connectivity index (χ4v) is 3.27. The molecule has 0 saturated carbocycles. The lowest BCUT2D eigenvalue weighted by atomic mass is 9.97. The normalized spacial score (nSPS) is 16.0. The largest absolute Gasteiger partial charge is 0.423 e. The third-order valence-corrected chi connectivity index (χ3v) is 4.69. The molecule has 1 aromatic carbocycles. The molecule has 0 unspecified atom stereocenters. The number of aromatic nitrogens is 3. The molecule has 0 bridgehead atoms. The topological polar surface area (TPSA) is 64.2 Å². The van der Waals surface area contributed by atoms with Gasteiger partial charge in [0.25, 0.3) is 11.6 Å². The zero-order valence-electron chi connectivity index (χ0n) is 13.7. The second-order valence-electron chi connectivity index (χ2n) is 6.43. The van der Waals surface area contributed by atoms with E-state index in [-0.39, 0.29) is 5.56 Å². The Hall–Kier alpha value is -2.63. The van der Waals surface area contributed by atoms with E-state index in [4.69, 9.17) is 4.42 Å². The Bertz CT molecular complexity index is 874. The summed E-state index contributed by atoms with van der Waals surface area (Å²) in [4.78, 5) is 23.0. The second kappa shape index (κ2) is 6.11. The van der Waals surface area contributed by atoms with Crippen LogP contribution < -0.4 is 10.5 Å². The third kappa shape index (κ3) is 2.79. The Labute approximate surface area is 139 Å². The highest BCUT2D eigenvalue weighted by Gasteiger charge is 2.23. The molecule has 3 aromatic rings. The van der Waals surface area contributed by atoms with E-state index in [1.54, 1.807) is 17.1 Å². The molecular weight excluding hydrogens is 304 g/mol. The number of piperidine rings is 1. The van der Waals surface area contributed by atoms with Crippen LogP contribution in [0.2, 0.25) is 0 Å². The molecule has 1 fully saturated rings. The van der Waals surface area contributed by atoms with Gasteiger partial charge in [-0.1, -0.05) is 12.1 Å². The maximum atomic E-state index is 12.1. The number of nitrogens with zero attached hydrogens (tertiary/aromatic N) is 4. The van der Waals surface area contributed by atoms with Crippen molar-refractivity contribution >= 4 is 17.1 Å². The van der Waals surface area contributed by atoms with Crippen LogP contribution in [0.1, 0.15) is 18.4 Å². The molecule has 0 atom stereocenters. The van der Waals surface area contributed by atoms with Gasteiger partial charge in [-0.05, 0) is 37.8 Å². The number of hydrogen-bond donors (Lipinski definition) is 0. The molecule has 1 saturated heterocycles. The highest BCUT2D eigenvalue weighted by Crippen LogP contribution is 2.26. The molecule has 0 N–H and O–H groups in total. The standard InChI is InChI=1S/C18H20N4O2/c1-13-10-19-12-22(17(13)23)11-14-6-8-21(9-7-14)18-20-15-4-2-3-5-16(15)24-18/h2-5,10,12,14H,6-9,11H2,1H3. The molecule has 3 heterocycles. The molecule has 4 rings (SSSR count). The van der Waals surface area contributed by atoms with E-state index in [1.807, 2.05) is 31.2 Å². The average molecular weight is 324 g/mol. The van der Waals surface area contributed by atoms with Crippen LogP contribution in [0.15, 0.2) is 46.0 Å². The number of oxazole rings is 1. The lowest BCUT2D eigenvalue weighted by Crippen LogP contribution is -2.36. The van der Waals surface area contributed by atoms with E-state index in [9.17, 15) is 4.79 Å². The van der Waals surface area contributed by atoms with E-state index in [2.05, 4.69) is 14.9 Å². The predicted molar refractivity (Wildman–Crippen MR) is 92.2 cm³/mol. The van der Waals surface area contributed by atoms with Gasteiger partial charge in [0.2, 0.25) is 0 Å².